The average Bonchev–Trinajstić information content (AvgIpc) is 2.11. The van der Waals surface area contributed by atoms with Gasteiger partial charge in [-0.1, -0.05) is 0 Å². The van der Waals surface area contributed by atoms with Crippen molar-refractivity contribution >= 4 is 24.6 Å². The predicted octanol–water partition coefficient (Wildman–Crippen LogP) is -0.0800. The van der Waals surface area contributed by atoms with Crippen molar-refractivity contribution in [2.75, 3.05) is 26.2 Å². The Morgan fingerprint density at radius 3 is 2.50 bits per heavy atom. The van der Waals surface area contributed by atoms with Gasteiger partial charge in [0, 0.05) is 31.6 Å². The third-order valence-corrected chi connectivity index (χ3v) is 6.17. The Kier molecular flexibility index (Phi) is 2.75. The van der Waals surface area contributed by atoms with Gasteiger partial charge >= 0.3 is 0 Å². The van der Waals surface area contributed by atoms with E-state index < -0.39 is 15.8 Å². The molecule has 2 saturated heterocycles. The molecule has 0 radical (unpaired) electrons. The highest BCUT2D eigenvalue weighted by Crippen LogP contribution is 2.37. The second-order valence-corrected chi connectivity index (χ2v) is 7.59. The predicted molar refractivity (Wildman–Crippen MR) is 69.8 cm³/mol. The van der Waals surface area contributed by atoms with Crippen LogP contribution in [-0.4, -0.2) is 38.9 Å². The smallest absolute Gasteiger partial charge is 0.243 e. The van der Waals surface area contributed by atoms with Crippen molar-refractivity contribution in [1.29, 1.82) is 0 Å². The summed E-state index contributed by atoms with van der Waals surface area (Å²) in [7, 11) is -1.20. The van der Waals surface area contributed by atoms with Crippen LogP contribution in [0.1, 0.15) is 0 Å². The van der Waals surface area contributed by atoms with Gasteiger partial charge in [-0.3, -0.25) is 0 Å². The van der Waals surface area contributed by atoms with E-state index in [0.29, 0.717) is 18.4 Å². The lowest BCUT2D eigenvalue weighted by Gasteiger charge is -2.55. The molecule has 2 aliphatic heterocycles. The van der Waals surface area contributed by atoms with Crippen molar-refractivity contribution in [2.45, 2.75) is 4.90 Å². The van der Waals surface area contributed by atoms with Crippen molar-refractivity contribution < 1.29 is 12.8 Å². The Morgan fingerprint density at radius 2 is 2.00 bits per heavy atom. The van der Waals surface area contributed by atoms with Gasteiger partial charge in [0.25, 0.3) is 0 Å². The first kappa shape index (κ1) is 12.5. The summed E-state index contributed by atoms with van der Waals surface area (Å²) in [6.07, 6.45) is 0. The zero-order valence-corrected chi connectivity index (χ0v) is 11.7. The fraction of sp³-hybridized carbons (Fsp3) is 0.455. The number of hydrogen-bond acceptors (Lipinski definition) is 3. The maximum absolute atomic E-state index is 13.0. The minimum absolute atomic E-state index is 0.147. The molecule has 1 aromatic carbocycles. The summed E-state index contributed by atoms with van der Waals surface area (Å²) in [4.78, 5) is 0.177. The van der Waals surface area contributed by atoms with Gasteiger partial charge < -0.3 is 5.32 Å². The molecule has 2 aliphatic rings. The molecule has 18 heavy (non-hydrogen) atoms. The van der Waals surface area contributed by atoms with E-state index in [1.54, 1.807) is 0 Å². The molecule has 0 saturated carbocycles. The van der Waals surface area contributed by atoms with Crippen LogP contribution in [0, 0.1) is 11.2 Å². The van der Waals surface area contributed by atoms with Crippen LogP contribution in [0.15, 0.2) is 23.1 Å². The number of sulfonamides is 1. The van der Waals surface area contributed by atoms with Gasteiger partial charge in [0.05, 0.1) is 4.90 Å². The first-order valence-electron chi connectivity index (χ1n) is 5.69. The fourth-order valence-corrected chi connectivity index (χ4v) is 4.93. The first-order valence-corrected chi connectivity index (χ1v) is 7.71. The molecule has 2 heterocycles. The molecule has 1 atom stereocenters. The van der Waals surface area contributed by atoms with E-state index in [1.165, 1.54) is 22.5 Å². The molecule has 1 aromatic rings. The Morgan fingerprint density at radius 1 is 1.33 bits per heavy atom. The van der Waals surface area contributed by atoms with Gasteiger partial charge in [-0.25, -0.2) is 12.8 Å². The standard InChI is InChI=1S/C11H14FN2O2PS/c12-8-1-2-10(9(17)3-8)18(15,16)14-6-11(7-14)4-13-5-11/h1-3,13H,4-7,17H2. The molecule has 1 spiro atoms. The maximum atomic E-state index is 13.0. The van der Waals surface area contributed by atoms with Crippen molar-refractivity contribution in [3.05, 3.63) is 24.0 Å². The number of rotatable bonds is 2. The average molecular weight is 288 g/mol. The molecular formula is C11H14FN2O2PS. The second-order valence-electron chi connectivity index (χ2n) is 5.06. The van der Waals surface area contributed by atoms with Crippen LogP contribution in [0.25, 0.3) is 0 Å². The third kappa shape index (κ3) is 1.79. The van der Waals surface area contributed by atoms with Crippen LogP contribution >= 0.6 is 9.24 Å². The number of nitrogens with zero attached hydrogens (tertiary/aromatic N) is 1. The maximum Gasteiger partial charge on any atom is 0.243 e. The van der Waals surface area contributed by atoms with Crippen LogP contribution in [0.3, 0.4) is 0 Å². The Balaban J connectivity index is 1.86. The molecule has 0 bridgehead atoms. The largest absolute Gasteiger partial charge is 0.315 e. The van der Waals surface area contributed by atoms with Gasteiger partial charge in [0.15, 0.2) is 0 Å². The van der Waals surface area contributed by atoms with E-state index in [9.17, 15) is 12.8 Å². The summed E-state index contributed by atoms with van der Waals surface area (Å²) in [5.41, 5.74) is 0.147. The van der Waals surface area contributed by atoms with Crippen LogP contribution in [0.4, 0.5) is 4.39 Å². The molecule has 0 aromatic heterocycles. The van der Waals surface area contributed by atoms with E-state index in [-0.39, 0.29) is 10.3 Å². The zero-order valence-electron chi connectivity index (χ0n) is 9.69. The number of halogens is 1. The molecule has 0 aliphatic carbocycles. The SMILES string of the molecule is O=S(=O)(c1ccc(F)cc1P)N1CC2(CNC2)C1. The molecule has 0 amide bonds. The highest BCUT2D eigenvalue weighted by atomic mass is 32.2. The number of nitrogens with one attached hydrogen (secondary N) is 1. The molecule has 1 N–H and O–H groups in total. The summed E-state index contributed by atoms with van der Waals surface area (Å²) >= 11 is 0. The quantitative estimate of drug-likeness (QED) is 0.775. The van der Waals surface area contributed by atoms with E-state index in [4.69, 9.17) is 0 Å². The van der Waals surface area contributed by atoms with Crippen molar-refractivity contribution in [3.8, 4) is 0 Å². The van der Waals surface area contributed by atoms with Crippen LogP contribution in [-0.2, 0) is 10.0 Å². The summed E-state index contributed by atoms with van der Waals surface area (Å²) in [5.74, 6) is -0.428. The lowest BCUT2D eigenvalue weighted by Crippen LogP contribution is -2.71. The Hall–Kier alpha value is -0.550. The second kappa shape index (κ2) is 3.97. The summed E-state index contributed by atoms with van der Waals surface area (Å²) < 4.78 is 39.1. The molecule has 3 rings (SSSR count). The molecule has 2 fully saturated rings. The van der Waals surface area contributed by atoms with Crippen molar-refractivity contribution in [1.82, 2.24) is 9.62 Å². The summed E-state index contributed by atoms with van der Waals surface area (Å²) in [6.45, 7) is 2.89. The minimum Gasteiger partial charge on any atom is -0.315 e. The van der Waals surface area contributed by atoms with Crippen LogP contribution in [0.5, 0.6) is 0 Å². The topological polar surface area (TPSA) is 49.4 Å². The van der Waals surface area contributed by atoms with Crippen LogP contribution in [0.2, 0.25) is 0 Å². The lowest BCUT2D eigenvalue weighted by molar-refractivity contribution is 0.0165. The zero-order chi connectivity index (χ0) is 13.0. The van der Waals surface area contributed by atoms with Crippen molar-refractivity contribution in [3.63, 3.8) is 0 Å². The Labute approximate surface area is 108 Å². The van der Waals surface area contributed by atoms with Gasteiger partial charge in [0.2, 0.25) is 10.0 Å². The molecule has 1 unspecified atom stereocenters. The van der Waals surface area contributed by atoms with Crippen molar-refractivity contribution in [2.24, 2.45) is 5.41 Å². The fourth-order valence-electron chi connectivity index (χ4n) is 2.47. The molecule has 98 valence electrons. The summed E-state index contributed by atoms with van der Waals surface area (Å²) in [6, 6.07) is 3.73. The minimum atomic E-state index is -3.48. The van der Waals surface area contributed by atoms with Crippen LogP contribution < -0.4 is 10.6 Å². The highest BCUT2D eigenvalue weighted by Gasteiger charge is 2.52. The number of benzene rings is 1. The van der Waals surface area contributed by atoms with Gasteiger partial charge in [-0.05, 0) is 23.5 Å². The third-order valence-electron chi connectivity index (χ3n) is 3.61. The number of hydrogen-bond donors (Lipinski definition) is 1. The van der Waals surface area contributed by atoms with E-state index in [0.717, 1.165) is 13.1 Å². The van der Waals surface area contributed by atoms with Gasteiger partial charge in [-0.2, -0.15) is 4.31 Å². The highest BCUT2D eigenvalue weighted by molar-refractivity contribution is 7.89. The lowest BCUT2D eigenvalue weighted by atomic mass is 9.76. The normalized spacial score (nSPS) is 22.6. The Bertz CT molecular complexity index is 593. The molecule has 4 nitrogen and oxygen atoms in total. The van der Waals surface area contributed by atoms with E-state index in [2.05, 4.69) is 14.6 Å². The summed E-state index contributed by atoms with van der Waals surface area (Å²) in [5, 5.41) is 3.54. The van der Waals surface area contributed by atoms with Gasteiger partial charge in [-0.15, -0.1) is 9.24 Å². The monoisotopic (exact) mass is 288 g/mol. The van der Waals surface area contributed by atoms with E-state index in [1.807, 2.05) is 0 Å². The molecular weight excluding hydrogens is 274 g/mol. The van der Waals surface area contributed by atoms with Gasteiger partial charge in [0.1, 0.15) is 5.82 Å². The van der Waals surface area contributed by atoms with E-state index >= 15 is 0 Å². The first-order chi connectivity index (χ1) is 8.43. The molecule has 7 heteroatoms.